The standard InChI is InChI=1S/C46H63N6O15PS/c1-10-28-22-46(28,68(58,64-25-62-43(56)60-11-2)65-26-63-44(57)61-12-3)51-39(53)36-20-31(23-52(36)40(54)38(45(6,7)8)50-42(55)67-29-15-13-14-16-29)66-37-21-34(35-24-69-41(49-35)47-27(4)5)48-33-19-30(59-9)17-18-32(33)37/h10,17-19,21,24,27-29,31,36,38H,1,11-16,20,22-23,25-26H2,2-9H3,(H,47,49)(H,50,55)(H,51,53)/t28?,31-,36+,38-,46+/m1/s1. The van der Waals surface area contributed by atoms with Gasteiger partial charge in [-0.3, -0.25) is 23.2 Å². The van der Waals surface area contributed by atoms with Gasteiger partial charge in [0.1, 0.15) is 46.8 Å². The van der Waals surface area contributed by atoms with Gasteiger partial charge in [-0.05, 0) is 77.3 Å². The van der Waals surface area contributed by atoms with Crippen LogP contribution in [0, 0.1) is 11.3 Å². The maximum atomic E-state index is 15.0. The molecular weight excluding hydrogens is 940 g/mol. The summed E-state index contributed by atoms with van der Waals surface area (Å²) in [4.78, 5) is 78.6. The molecule has 3 aliphatic rings. The maximum Gasteiger partial charge on any atom is 0.510 e. The molecule has 0 spiro atoms. The summed E-state index contributed by atoms with van der Waals surface area (Å²) in [7, 11) is -3.15. The lowest BCUT2D eigenvalue weighted by atomic mass is 9.85. The third-order valence-electron chi connectivity index (χ3n) is 11.7. The van der Waals surface area contributed by atoms with Crippen LogP contribution in [0.1, 0.15) is 87.0 Å². The first-order valence-electron chi connectivity index (χ1n) is 22.9. The molecule has 69 heavy (non-hydrogen) atoms. The summed E-state index contributed by atoms with van der Waals surface area (Å²) < 4.78 is 63.7. The van der Waals surface area contributed by atoms with Gasteiger partial charge in [0.2, 0.25) is 25.4 Å². The second-order valence-electron chi connectivity index (χ2n) is 18.1. The van der Waals surface area contributed by atoms with E-state index in [1.165, 1.54) is 22.3 Å². The molecule has 21 nitrogen and oxygen atoms in total. The third kappa shape index (κ3) is 12.9. The molecule has 378 valence electrons. The SMILES string of the molecule is C=CC1C[C@]1(NC(=O)[C@@H]1C[C@@H](Oc2cc(-c3csc(NC(C)C)n3)nc3cc(OC)ccc23)CN1C(=O)[C@@H](NC(=O)OC1CCCC1)C(C)(C)C)P(=O)(OCOC(=O)OCC)OCOC(=O)OCC. The van der Waals surface area contributed by atoms with Crippen LogP contribution in [0.15, 0.2) is 42.3 Å². The van der Waals surface area contributed by atoms with Gasteiger partial charge in [0.05, 0.1) is 38.1 Å². The van der Waals surface area contributed by atoms with Gasteiger partial charge in [0.25, 0.3) is 0 Å². The summed E-state index contributed by atoms with van der Waals surface area (Å²) >= 11 is 1.42. The number of carbonyl (C=O) groups is 5. The largest absolute Gasteiger partial charge is 0.510 e. The first-order valence-corrected chi connectivity index (χ1v) is 25.3. The molecule has 2 aromatic heterocycles. The number of methoxy groups -OCH3 is 1. The van der Waals surface area contributed by atoms with E-state index in [0.29, 0.717) is 51.8 Å². The number of pyridine rings is 1. The van der Waals surface area contributed by atoms with Crippen molar-refractivity contribution >= 4 is 65.2 Å². The number of fused-ring (bicyclic) bond motifs is 1. The Kier molecular flexibility index (Phi) is 17.4. The van der Waals surface area contributed by atoms with Crippen LogP contribution in [0.2, 0.25) is 0 Å². The second kappa shape index (κ2) is 22.8. The number of nitrogens with zero attached hydrogens (tertiary/aromatic N) is 3. The van der Waals surface area contributed by atoms with Crippen LogP contribution in [0.4, 0.5) is 19.5 Å². The van der Waals surface area contributed by atoms with Crippen molar-refractivity contribution in [2.45, 2.75) is 123 Å². The summed E-state index contributed by atoms with van der Waals surface area (Å²) in [5.41, 5.74) is 0.727. The molecular formula is C46H63N6O15PS. The average molecular weight is 1000 g/mol. The van der Waals surface area contributed by atoms with E-state index in [0.717, 1.165) is 12.8 Å². The fourth-order valence-electron chi connectivity index (χ4n) is 8.17. The van der Waals surface area contributed by atoms with E-state index in [4.69, 9.17) is 52.2 Å². The van der Waals surface area contributed by atoms with Gasteiger partial charge < -0.3 is 54.0 Å². The number of nitrogens with one attached hydrogen (secondary N) is 3. The lowest BCUT2D eigenvalue weighted by molar-refractivity contribution is -0.142. The molecule has 2 saturated carbocycles. The van der Waals surface area contributed by atoms with Crippen LogP contribution in [0.25, 0.3) is 22.3 Å². The van der Waals surface area contributed by atoms with Crippen molar-refractivity contribution in [2.24, 2.45) is 11.3 Å². The zero-order chi connectivity index (χ0) is 50.1. The van der Waals surface area contributed by atoms with Crippen molar-refractivity contribution in [3.8, 4) is 22.9 Å². The molecule has 1 saturated heterocycles. The number of alkyl carbamates (subject to hydrolysis) is 1. The lowest BCUT2D eigenvalue weighted by Crippen LogP contribution is -2.58. The molecule has 1 unspecified atom stereocenters. The fourth-order valence-corrected chi connectivity index (χ4v) is 11.1. The highest BCUT2D eigenvalue weighted by atomic mass is 32.1. The summed E-state index contributed by atoms with van der Waals surface area (Å²) in [6, 6.07) is 4.72. The molecule has 6 rings (SSSR count). The Morgan fingerprint density at radius 3 is 2.20 bits per heavy atom. The van der Waals surface area contributed by atoms with Crippen LogP contribution >= 0.6 is 18.9 Å². The quantitative estimate of drug-likeness (QED) is 0.0299. The van der Waals surface area contributed by atoms with E-state index in [2.05, 4.69) is 22.5 Å². The fraction of sp³-hybridized carbons (Fsp3) is 0.587. The molecule has 3 amide bonds. The zero-order valence-electron chi connectivity index (χ0n) is 40.2. The van der Waals surface area contributed by atoms with Crippen LogP contribution in [-0.2, 0) is 46.9 Å². The Bertz CT molecular complexity index is 2360. The van der Waals surface area contributed by atoms with Crippen molar-refractivity contribution in [2.75, 3.05) is 45.8 Å². The smallest absolute Gasteiger partial charge is 0.497 e. The molecule has 5 atom stereocenters. The summed E-state index contributed by atoms with van der Waals surface area (Å²) in [5.74, 6) is -1.21. The molecule has 3 fully saturated rings. The topological polar surface area (TPSA) is 251 Å². The van der Waals surface area contributed by atoms with Crippen molar-refractivity contribution in [3.63, 3.8) is 0 Å². The van der Waals surface area contributed by atoms with Crippen molar-refractivity contribution in [3.05, 3.63) is 42.3 Å². The van der Waals surface area contributed by atoms with Crippen LogP contribution < -0.4 is 25.4 Å². The monoisotopic (exact) mass is 1000 g/mol. The van der Waals surface area contributed by atoms with E-state index in [-0.39, 0.29) is 44.7 Å². The Morgan fingerprint density at radius 2 is 1.62 bits per heavy atom. The minimum atomic E-state index is -4.70. The number of hydrogen-bond donors (Lipinski definition) is 3. The van der Waals surface area contributed by atoms with Crippen molar-refractivity contribution < 1.29 is 70.7 Å². The second-order valence-corrected chi connectivity index (χ2v) is 21.2. The number of amides is 3. The Hall–Kier alpha value is -5.70. The molecule has 3 aromatic rings. The number of carbonyl (C=O) groups excluding carboxylic acids is 5. The number of thiazole rings is 1. The molecule has 0 bridgehead atoms. The Morgan fingerprint density at radius 1 is 0.957 bits per heavy atom. The number of aromatic nitrogens is 2. The van der Waals surface area contributed by atoms with Gasteiger partial charge >= 0.3 is 26.0 Å². The van der Waals surface area contributed by atoms with E-state index in [1.54, 1.807) is 66.0 Å². The molecule has 1 aliphatic heterocycles. The number of benzene rings is 1. The molecule has 3 N–H and O–H groups in total. The van der Waals surface area contributed by atoms with Gasteiger partial charge in [0, 0.05) is 41.3 Å². The molecule has 1 aromatic carbocycles. The van der Waals surface area contributed by atoms with Crippen LogP contribution in [0.3, 0.4) is 0 Å². The summed E-state index contributed by atoms with van der Waals surface area (Å²) in [6.45, 7) is 14.2. The van der Waals surface area contributed by atoms with Crippen LogP contribution in [-0.4, -0.2) is 121 Å². The number of ether oxygens (including phenoxy) is 7. The average Bonchev–Trinajstić information content (AvgIpc) is 3.69. The number of rotatable bonds is 21. The molecule has 0 radical (unpaired) electrons. The Balaban J connectivity index is 1.36. The first kappa shape index (κ1) is 52.7. The van der Waals surface area contributed by atoms with Crippen LogP contribution in [0.5, 0.6) is 11.5 Å². The van der Waals surface area contributed by atoms with E-state index >= 15 is 4.79 Å². The first-order chi connectivity index (χ1) is 32.8. The highest BCUT2D eigenvalue weighted by Crippen LogP contribution is 2.73. The Labute approximate surface area is 405 Å². The number of anilines is 1. The van der Waals surface area contributed by atoms with Gasteiger partial charge in [-0.25, -0.2) is 24.4 Å². The normalized spacial score (nSPS) is 20.7. The maximum absolute atomic E-state index is 15.0. The molecule has 23 heteroatoms. The van der Waals surface area contributed by atoms with E-state index < -0.39 is 86.2 Å². The van der Waals surface area contributed by atoms with Crippen molar-refractivity contribution in [1.29, 1.82) is 0 Å². The minimum Gasteiger partial charge on any atom is -0.497 e. The van der Waals surface area contributed by atoms with Crippen molar-refractivity contribution in [1.82, 2.24) is 25.5 Å². The minimum absolute atomic E-state index is 0.0242. The number of likely N-dealkylation sites (tertiary alicyclic amines) is 1. The van der Waals surface area contributed by atoms with E-state index in [9.17, 15) is 23.7 Å². The molecule has 3 heterocycles. The number of hydrogen-bond acceptors (Lipinski definition) is 19. The van der Waals surface area contributed by atoms with Gasteiger partial charge in [-0.15, -0.1) is 17.9 Å². The lowest BCUT2D eigenvalue weighted by Gasteiger charge is -2.36. The highest BCUT2D eigenvalue weighted by molar-refractivity contribution is 7.56. The summed E-state index contributed by atoms with van der Waals surface area (Å²) in [5, 5.41) is 10.3. The third-order valence-corrected chi connectivity index (χ3v) is 14.9. The van der Waals surface area contributed by atoms with E-state index in [1.807, 2.05) is 19.2 Å². The summed E-state index contributed by atoms with van der Waals surface area (Å²) in [6.07, 6.45) is 0.398. The van der Waals surface area contributed by atoms with Gasteiger partial charge in [-0.2, -0.15) is 0 Å². The predicted molar refractivity (Wildman–Crippen MR) is 253 cm³/mol. The predicted octanol–water partition coefficient (Wildman–Crippen LogP) is 8.12. The zero-order valence-corrected chi connectivity index (χ0v) is 41.9. The van der Waals surface area contributed by atoms with Gasteiger partial charge in [0.15, 0.2) is 5.13 Å². The highest BCUT2D eigenvalue weighted by Gasteiger charge is 2.69. The van der Waals surface area contributed by atoms with Gasteiger partial charge in [-0.1, -0.05) is 26.8 Å². The molecule has 2 aliphatic carbocycles.